The molecule has 0 amide bonds. The minimum atomic E-state index is -0.272. The molecule has 0 unspecified atom stereocenters. The van der Waals surface area contributed by atoms with Crippen LogP contribution in [0.15, 0.2) is 154 Å². The zero-order valence-corrected chi connectivity index (χ0v) is 46.3. The molecule has 3 heterocycles. The molecule has 9 rings (SSSR count). The van der Waals surface area contributed by atoms with Crippen molar-refractivity contribution in [1.29, 1.82) is 0 Å². The van der Waals surface area contributed by atoms with Crippen LogP contribution < -0.4 is 26.5 Å². The lowest BCUT2D eigenvalue weighted by Crippen LogP contribution is -2.25. The number of phenols is 1. The molecule has 0 radical (unpaired) electrons. The minimum Gasteiger partial charge on any atom is -0.508 e. The van der Waals surface area contributed by atoms with Gasteiger partial charge in [-0.1, -0.05) is 127 Å². The summed E-state index contributed by atoms with van der Waals surface area (Å²) in [5, 5.41) is 12.5. The Balaban J connectivity index is 0.000000166. The fourth-order valence-corrected chi connectivity index (χ4v) is 9.30. The van der Waals surface area contributed by atoms with E-state index < -0.39 is 0 Å². The van der Waals surface area contributed by atoms with Gasteiger partial charge in [0.2, 0.25) is 0 Å². The highest BCUT2D eigenvalue weighted by Crippen LogP contribution is 2.34. The topological polar surface area (TPSA) is 143 Å². The molecule has 6 aromatic carbocycles. The van der Waals surface area contributed by atoms with Crippen LogP contribution in [-0.2, 0) is 0 Å². The zero-order chi connectivity index (χ0) is 55.1. The van der Waals surface area contributed by atoms with Gasteiger partial charge in [0.1, 0.15) is 23.9 Å². The van der Waals surface area contributed by atoms with Crippen molar-refractivity contribution in [2.75, 3.05) is 13.7 Å². The van der Waals surface area contributed by atoms with Crippen LogP contribution in [0.5, 0.6) is 17.2 Å². The van der Waals surface area contributed by atoms with Gasteiger partial charge in [-0.3, -0.25) is 13.7 Å². The van der Waals surface area contributed by atoms with Crippen LogP contribution >= 0.6 is 0 Å². The summed E-state index contributed by atoms with van der Waals surface area (Å²) in [4.78, 5) is 51.0. The fourth-order valence-electron chi connectivity index (χ4n) is 9.30. The van der Waals surface area contributed by atoms with Crippen molar-refractivity contribution in [2.24, 2.45) is 0 Å². The Morgan fingerprint density at radius 2 is 0.776 bits per heavy atom. The molecule has 0 bridgehead atoms. The number of methoxy groups -OCH3 is 1. The Bertz CT molecular complexity index is 3680. The molecule has 0 fully saturated rings. The van der Waals surface area contributed by atoms with E-state index in [0.717, 1.165) is 60.9 Å². The largest absolute Gasteiger partial charge is 0.508 e. The zero-order valence-electron chi connectivity index (χ0n) is 46.3. The van der Waals surface area contributed by atoms with Crippen molar-refractivity contribution < 1.29 is 14.6 Å². The first-order chi connectivity index (χ1) is 36.2. The quantitative estimate of drug-likeness (QED) is 0.112. The number of hydrogen-bond donors (Lipinski definition) is 1. The van der Waals surface area contributed by atoms with E-state index >= 15 is 0 Å². The van der Waals surface area contributed by atoms with Crippen LogP contribution in [0.1, 0.15) is 136 Å². The van der Waals surface area contributed by atoms with Crippen molar-refractivity contribution in [2.45, 2.75) is 119 Å². The van der Waals surface area contributed by atoms with Crippen LogP contribution in [0.4, 0.5) is 0 Å². The first kappa shape index (κ1) is 55.6. The second kappa shape index (κ2) is 24.0. The summed E-state index contributed by atoms with van der Waals surface area (Å²) >= 11 is 0. The van der Waals surface area contributed by atoms with Crippen LogP contribution in [0, 0.1) is 0 Å². The third-order valence-electron chi connectivity index (χ3n) is 13.4. The number of rotatable bonds is 13. The molecule has 76 heavy (non-hydrogen) atoms. The summed E-state index contributed by atoms with van der Waals surface area (Å²) in [5.41, 5.74) is 10.3. The molecule has 0 saturated carbocycles. The lowest BCUT2D eigenvalue weighted by atomic mass is 9.99. The Morgan fingerprint density at radius 3 is 1.09 bits per heavy atom. The Labute approximate surface area is 446 Å². The Hall–Kier alpha value is -8.12. The normalized spacial score (nSPS) is 11.5. The van der Waals surface area contributed by atoms with Crippen LogP contribution in [0.2, 0.25) is 0 Å². The molecule has 9 aromatic rings. The molecule has 1 N–H and O–H groups in total. The molecule has 0 aliphatic rings. The number of aromatic hydroxyl groups is 1. The van der Waals surface area contributed by atoms with Crippen LogP contribution in [0.3, 0.4) is 0 Å². The predicted octanol–water partition coefficient (Wildman–Crippen LogP) is 14.6. The maximum Gasteiger partial charge on any atom is 0.348 e. The fraction of sp³-hybridized carbons (Fsp3) is 0.312. The van der Waals surface area contributed by atoms with Gasteiger partial charge in [-0.05, 0) is 131 Å². The number of hydrogen-bond acceptors (Lipinski definition) is 9. The SMILES string of the molecule is C=CCOc1ccc2c(c1)c(-c1ccc(C(C)C)cc1)nc(=O)n2C(C)C.CC(C)c1ccc(-c2nc(=O)n(C(C)C)c3ccc(O)cc23)cc1.COc1ccc2c(c1)c(-c1ccc(C(C)C)cc1)nc(=O)n2C(C)C. The van der Waals surface area contributed by atoms with Crippen molar-refractivity contribution in [3.05, 3.63) is 188 Å². The van der Waals surface area contributed by atoms with Gasteiger partial charge in [-0.25, -0.2) is 14.4 Å². The first-order valence-corrected chi connectivity index (χ1v) is 26.2. The third-order valence-corrected chi connectivity index (χ3v) is 13.4. The van der Waals surface area contributed by atoms with Crippen molar-refractivity contribution >= 4 is 32.7 Å². The van der Waals surface area contributed by atoms with E-state index in [1.165, 1.54) is 16.7 Å². The molecule has 0 aliphatic carbocycles. The molecule has 0 spiro atoms. The van der Waals surface area contributed by atoms with Crippen molar-refractivity contribution in [1.82, 2.24) is 28.7 Å². The van der Waals surface area contributed by atoms with Gasteiger partial charge in [0, 0.05) is 51.0 Å². The highest BCUT2D eigenvalue weighted by molar-refractivity contribution is 5.95. The average Bonchev–Trinajstić information content (AvgIpc) is 3.41. The number of benzene rings is 6. The van der Waals surface area contributed by atoms with E-state index in [4.69, 9.17) is 9.47 Å². The van der Waals surface area contributed by atoms with Gasteiger partial charge in [0.25, 0.3) is 0 Å². The molecule has 394 valence electrons. The molecule has 12 heteroatoms. The van der Waals surface area contributed by atoms with Crippen LogP contribution in [-0.4, -0.2) is 47.5 Å². The van der Waals surface area contributed by atoms with Gasteiger partial charge >= 0.3 is 17.1 Å². The highest BCUT2D eigenvalue weighted by Gasteiger charge is 2.19. The number of fused-ring (bicyclic) bond motifs is 3. The smallest absolute Gasteiger partial charge is 0.348 e. The minimum absolute atomic E-state index is 0.00518. The maximum atomic E-state index is 12.7. The Morgan fingerprint density at radius 1 is 0.461 bits per heavy atom. The molecular weight excluding hydrogens is 949 g/mol. The van der Waals surface area contributed by atoms with E-state index in [1.54, 1.807) is 45.1 Å². The number of ether oxygens (including phenoxy) is 2. The summed E-state index contributed by atoms with van der Waals surface area (Å²) in [7, 11) is 1.64. The molecule has 3 aromatic heterocycles. The predicted molar refractivity (Wildman–Crippen MR) is 312 cm³/mol. The van der Waals surface area contributed by atoms with E-state index in [2.05, 4.69) is 99.5 Å². The second-order valence-electron chi connectivity index (χ2n) is 20.8. The summed E-state index contributed by atoms with van der Waals surface area (Å²) < 4.78 is 16.2. The third kappa shape index (κ3) is 12.2. The van der Waals surface area contributed by atoms with E-state index in [9.17, 15) is 19.5 Å². The lowest BCUT2D eigenvalue weighted by Gasteiger charge is -2.17. The molecular formula is C64H72N6O6. The number of nitrogens with zero attached hydrogens (tertiary/aromatic N) is 6. The van der Waals surface area contributed by atoms with E-state index in [0.29, 0.717) is 41.4 Å². The summed E-state index contributed by atoms with van der Waals surface area (Å²) in [6, 6.07) is 41.3. The average molecular weight is 1020 g/mol. The van der Waals surface area contributed by atoms with E-state index in [1.807, 2.05) is 114 Å². The molecule has 0 aliphatic heterocycles. The summed E-state index contributed by atoms with van der Waals surface area (Å²) in [6.45, 7) is 28.9. The van der Waals surface area contributed by atoms with Gasteiger partial charge in [-0.15, -0.1) is 0 Å². The van der Waals surface area contributed by atoms with E-state index in [-0.39, 0.29) is 40.9 Å². The van der Waals surface area contributed by atoms with Crippen molar-refractivity contribution in [3.8, 4) is 51.0 Å². The molecule has 12 nitrogen and oxygen atoms in total. The monoisotopic (exact) mass is 1020 g/mol. The first-order valence-electron chi connectivity index (χ1n) is 26.2. The standard InChI is InChI=1S/C23H26N2O2.C21H24N2O2.C20H22N2O2/c1-6-13-27-19-11-12-21-20(14-19)22(24-23(26)25(21)16(4)5)18-9-7-17(8-10-18)15(2)3;1-13(2)15-6-8-16(9-7-15)20-18-12-17(25-5)10-11-19(18)23(14(3)4)21(24)22-20;1-12(2)14-5-7-15(8-6-14)19-17-11-16(23)9-10-18(17)22(13(3)4)20(24)21-19/h6-12,14-16H,1,13H2,2-5H3;6-14H,1-5H3;5-13,23H,1-4H3. The van der Waals surface area contributed by atoms with Gasteiger partial charge in [-0.2, -0.15) is 15.0 Å². The Kier molecular flexibility index (Phi) is 17.6. The summed E-state index contributed by atoms with van der Waals surface area (Å²) in [6.07, 6.45) is 1.71. The summed E-state index contributed by atoms with van der Waals surface area (Å²) in [5.74, 6) is 3.02. The second-order valence-corrected chi connectivity index (χ2v) is 20.8. The lowest BCUT2D eigenvalue weighted by molar-refractivity contribution is 0.363. The van der Waals surface area contributed by atoms with Crippen molar-refractivity contribution in [3.63, 3.8) is 0 Å². The molecule has 0 atom stereocenters. The van der Waals surface area contributed by atoms with Crippen LogP contribution in [0.25, 0.3) is 66.5 Å². The van der Waals surface area contributed by atoms with Gasteiger partial charge < -0.3 is 14.6 Å². The van der Waals surface area contributed by atoms with Gasteiger partial charge in [0.05, 0.1) is 40.7 Å². The molecule has 0 saturated heterocycles. The van der Waals surface area contributed by atoms with Gasteiger partial charge in [0.15, 0.2) is 0 Å². The number of aromatic nitrogens is 6. The number of phenolic OH excluding ortho intramolecular Hbond substituents is 1. The maximum absolute atomic E-state index is 12.7. The highest BCUT2D eigenvalue weighted by atomic mass is 16.5.